The Morgan fingerprint density at radius 1 is 1.48 bits per heavy atom. The van der Waals surface area contributed by atoms with E-state index in [0.29, 0.717) is 19.7 Å². The molecule has 0 spiro atoms. The van der Waals surface area contributed by atoms with Crippen molar-refractivity contribution in [3.8, 4) is 5.75 Å². The molecule has 1 saturated heterocycles. The van der Waals surface area contributed by atoms with Gasteiger partial charge in [0.25, 0.3) is 0 Å². The first-order valence-electron chi connectivity index (χ1n) is 7.09. The van der Waals surface area contributed by atoms with E-state index in [4.69, 9.17) is 9.47 Å². The zero-order valence-corrected chi connectivity index (χ0v) is 12.3. The number of para-hydroxylation sites is 1. The number of hydrogen-bond donors (Lipinski definition) is 1. The Hall–Kier alpha value is -1.82. The molecular formula is C15H21FN2O3. The number of carbonyl (C=O) groups is 1. The van der Waals surface area contributed by atoms with Gasteiger partial charge in [0, 0.05) is 7.11 Å². The summed E-state index contributed by atoms with van der Waals surface area (Å²) in [4.78, 5) is 13.6. The number of hydrogen-bond acceptors (Lipinski definition) is 3. The lowest BCUT2D eigenvalue weighted by molar-refractivity contribution is 0.0394. The molecule has 1 aliphatic rings. The van der Waals surface area contributed by atoms with Crippen LogP contribution in [0.1, 0.15) is 13.3 Å². The van der Waals surface area contributed by atoms with Gasteiger partial charge in [-0.1, -0.05) is 19.1 Å². The number of nitrogens with zero attached hydrogens (tertiary/aromatic N) is 1. The molecule has 1 aromatic carbocycles. The van der Waals surface area contributed by atoms with E-state index in [1.165, 1.54) is 6.07 Å². The number of ether oxygens (including phenoxy) is 2. The van der Waals surface area contributed by atoms with Crippen LogP contribution in [0.4, 0.5) is 9.18 Å². The molecule has 0 saturated carbocycles. The lowest BCUT2D eigenvalue weighted by Crippen LogP contribution is -2.60. The Morgan fingerprint density at radius 3 is 2.81 bits per heavy atom. The van der Waals surface area contributed by atoms with Gasteiger partial charge in [-0.25, -0.2) is 9.18 Å². The number of urea groups is 1. The van der Waals surface area contributed by atoms with Crippen LogP contribution < -0.4 is 10.1 Å². The van der Waals surface area contributed by atoms with Gasteiger partial charge in [-0.3, -0.25) is 0 Å². The van der Waals surface area contributed by atoms with Gasteiger partial charge in [0.05, 0.1) is 25.7 Å². The number of nitrogens with one attached hydrogen (secondary N) is 1. The second kappa shape index (κ2) is 7.26. The van der Waals surface area contributed by atoms with E-state index in [1.54, 1.807) is 30.2 Å². The molecule has 0 aliphatic carbocycles. The Kier molecular flexibility index (Phi) is 5.38. The van der Waals surface area contributed by atoms with E-state index >= 15 is 0 Å². The highest BCUT2D eigenvalue weighted by Gasteiger charge is 2.33. The molecule has 0 bridgehead atoms. The van der Waals surface area contributed by atoms with Crippen molar-refractivity contribution in [3.05, 3.63) is 30.1 Å². The third kappa shape index (κ3) is 4.07. The van der Waals surface area contributed by atoms with Crippen molar-refractivity contribution < 1.29 is 18.7 Å². The van der Waals surface area contributed by atoms with Gasteiger partial charge in [0.15, 0.2) is 11.6 Å². The maximum atomic E-state index is 13.4. The average molecular weight is 296 g/mol. The number of amides is 2. The van der Waals surface area contributed by atoms with Crippen molar-refractivity contribution in [1.82, 2.24) is 10.2 Å². The van der Waals surface area contributed by atoms with Gasteiger partial charge in [-0.05, 0) is 18.6 Å². The number of rotatable bonds is 6. The quantitative estimate of drug-likeness (QED) is 0.874. The molecule has 2 amide bonds. The predicted octanol–water partition coefficient (Wildman–Crippen LogP) is 2.02. The normalized spacial score (nSPS) is 16.2. The first kappa shape index (κ1) is 15.6. The topological polar surface area (TPSA) is 50.8 Å². The summed E-state index contributed by atoms with van der Waals surface area (Å²) in [7, 11) is 1.61. The number of carbonyl (C=O) groups excluding carboxylic acids is 1. The molecule has 21 heavy (non-hydrogen) atoms. The summed E-state index contributed by atoms with van der Waals surface area (Å²) in [5.74, 6) is -0.153. The number of halogens is 1. The molecule has 2 rings (SSSR count). The maximum absolute atomic E-state index is 13.4. The molecule has 1 N–H and O–H groups in total. The van der Waals surface area contributed by atoms with Crippen LogP contribution in [-0.4, -0.2) is 49.9 Å². The summed E-state index contributed by atoms with van der Waals surface area (Å²) in [6.45, 7) is 3.41. The van der Waals surface area contributed by atoms with Crippen molar-refractivity contribution in [1.29, 1.82) is 0 Å². The summed E-state index contributed by atoms with van der Waals surface area (Å²) >= 11 is 0. The van der Waals surface area contributed by atoms with Crippen molar-refractivity contribution in [2.45, 2.75) is 25.5 Å². The standard InChI is InChI=1S/C15H21FN2O3/c1-3-11(10-20-2)17-15(19)18-8-12(9-18)21-14-7-5-4-6-13(14)16/h4-7,11-12H,3,8-10H2,1-2H3,(H,17,19)/t11-/m0/s1. The Morgan fingerprint density at radius 2 is 2.19 bits per heavy atom. The van der Waals surface area contributed by atoms with Crippen LogP contribution in [0.2, 0.25) is 0 Å². The van der Waals surface area contributed by atoms with Crippen molar-refractivity contribution in [3.63, 3.8) is 0 Å². The third-order valence-electron chi connectivity index (χ3n) is 3.45. The molecule has 1 atom stereocenters. The van der Waals surface area contributed by atoms with Crippen LogP contribution in [-0.2, 0) is 4.74 Å². The van der Waals surface area contributed by atoms with Crippen LogP contribution in [0.5, 0.6) is 5.75 Å². The predicted molar refractivity (Wildman–Crippen MR) is 76.9 cm³/mol. The minimum atomic E-state index is -0.383. The van der Waals surface area contributed by atoms with Crippen molar-refractivity contribution in [2.75, 3.05) is 26.8 Å². The Bertz CT molecular complexity index is 478. The van der Waals surface area contributed by atoms with E-state index in [0.717, 1.165) is 6.42 Å². The van der Waals surface area contributed by atoms with E-state index in [-0.39, 0.29) is 29.7 Å². The van der Waals surface area contributed by atoms with E-state index in [2.05, 4.69) is 5.32 Å². The minimum absolute atomic E-state index is 0.00837. The molecule has 1 aliphatic heterocycles. The van der Waals surface area contributed by atoms with Crippen LogP contribution in [0.25, 0.3) is 0 Å². The van der Waals surface area contributed by atoms with Gasteiger partial charge in [-0.2, -0.15) is 0 Å². The third-order valence-corrected chi connectivity index (χ3v) is 3.45. The molecule has 1 heterocycles. The van der Waals surface area contributed by atoms with Gasteiger partial charge in [0.1, 0.15) is 6.10 Å². The van der Waals surface area contributed by atoms with Crippen LogP contribution in [0.3, 0.4) is 0 Å². The van der Waals surface area contributed by atoms with E-state index < -0.39 is 0 Å². The van der Waals surface area contributed by atoms with Gasteiger partial charge < -0.3 is 19.7 Å². The smallest absolute Gasteiger partial charge is 0.317 e. The number of methoxy groups -OCH3 is 1. The molecule has 6 heteroatoms. The van der Waals surface area contributed by atoms with Gasteiger partial charge in [0.2, 0.25) is 0 Å². The highest BCUT2D eigenvalue weighted by Crippen LogP contribution is 2.21. The Labute approximate surface area is 124 Å². The fraction of sp³-hybridized carbons (Fsp3) is 0.533. The highest BCUT2D eigenvalue weighted by atomic mass is 19.1. The fourth-order valence-corrected chi connectivity index (χ4v) is 2.13. The number of benzene rings is 1. The zero-order valence-electron chi connectivity index (χ0n) is 12.3. The molecule has 0 radical (unpaired) electrons. The minimum Gasteiger partial charge on any atom is -0.484 e. The fourth-order valence-electron chi connectivity index (χ4n) is 2.13. The molecule has 1 aromatic rings. The van der Waals surface area contributed by atoms with Crippen LogP contribution in [0, 0.1) is 5.82 Å². The second-order valence-electron chi connectivity index (χ2n) is 5.09. The largest absolute Gasteiger partial charge is 0.484 e. The van der Waals surface area contributed by atoms with Crippen LogP contribution in [0.15, 0.2) is 24.3 Å². The number of likely N-dealkylation sites (tertiary alicyclic amines) is 1. The molecular weight excluding hydrogens is 275 g/mol. The Balaban J connectivity index is 1.76. The van der Waals surface area contributed by atoms with E-state index in [9.17, 15) is 9.18 Å². The molecule has 0 unspecified atom stereocenters. The highest BCUT2D eigenvalue weighted by molar-refractivity contribution is 5.75. The summed E-state index contributed by atoms with van der Waals surface area (Å²) in [5, 5.41) is 2.90. The first-order chi connectivity index (χ1) is 10.1. The molecule has 1 fully saturated rings. The second-order valence-corrected chi connectivity index (χ2v) is 5.09. The summed E-state index contributed by atoms with van der Waals surface area (Å²) in [5.41, 5.74) is 0. The summed E-state index contributed by atoms with van der Waals surface area (Å²) in [6.07, 6.45) is 0.651. The first-order valence-corrected chi connectivity index (χ1v) is 7.09. The lowest BCUT2D eigenvalue weighted by Gasteiger charge is -2.39. The average Bonchev–Trinajstić information content (AvgIpc) is 2.43. The molecule has 116 valence electrons. The maximum Gasteiger partial charge on any atom is 0.317 e. The van der Waals surface area contributed by atoms with Crippen LogP contribution >= 0.6 is 0 Å². The van der Waals surface area contributed by atoms with Gasteiger partial charge in [-0.15, -0.1) is 0 Å². The molecule has 0 aromatic heterocycles. The summed E-state index contributed by atoms with van der Waals surface area (Å²) < 4.78 is 24.0. The SMILES string of the molecule is CC[C@@H](COC)NC(=O)N1CC(Oc2ccccc2F)C1. The van der Waals surface area contributed by atoms with Crippen molar-refractivity contribution in [2.24, 2.45) is 0 Å². The summed E-state index contributed by atoms with van der Waals surface area (Å²) in [6, 6.07) is 6.15. The van der Waals surface area contributed by atoms with E-state index in [1.807, 2.05) is 6.92 Å². The lowest BCUT2D eigenvalue weighted by atomic mass is 10.1. The molecule has 5 nitrogen and oxygen atoms in total. The van der Waals surface area contributed by atoms with Gasteiger partial charge >= 0.3 is 6.03 Å². The van der Waals surface area contributed by atoms with Crippen molar-refractivity contribution >= 4 is 6.03 Å². The zero-order chi connectivity index (χ0) is 15.2. The monoisotopic (exact) mass is 296 g/mol.